The number of carbonyl (C=O) groups excluding carboxylic acids is 1. The third-order valence-electron chi connectivity index (χ3n) is 3.79. The standard InChI is InChI=1S/C20H14F3N3O2S/c21-20(22,23)15-3-1-2-14(8-15)9-17-11-25-19(29-17)26-18(27)12-28-16-6-4-13(10-24)5-7-16/h1-8,11H,9,12H2,(H,25,26,27). The number of alkyl halides is 3. The fraction of sp³-hybridized carbons (Fsp3) is 0.150. The fourth-order valence-electron chi connectivity index (χ4n) is 2.44. The summed E-state index contributed by atoms with van der Waals surface area (Å²) in [5, 5.41) is 11.7. The molecule has 2 aromatic carbocycles. The van der Waals surface area contributed by atoms with Crippen LogP contribution in [-0.2, 0) is 17.4 Å². The zero-order valence-electron chi connectivity index (χ0n) is 14.9. The van der Waals surface area contributed by atoms with Crippen LogP contribution >= 0.6 is 11.3 Å². The van der Waals surface area contributed by atoms with Gasteiger partial charge in [0.25, 0.3) is 5.91 Å². The molecule has 5 nitrogen and oxygen atoms in total. The fourth-order valence-corrected chi connectivity index (χ4v) is 3.30. The molecule has 0 spiro atoms. The second-order valence-electron chi connectivity index (χ2n) is 5.98. The van der Waals surface area contributed by atoms with Crippen LogP contribution in [0.2, 0.25) is 0 Å². The lowest BCUT2D eigenvalue weighted by Crippen LogP contribution is -2.19. The number of halogens is 3. The van der Waals surface area contributed by atoms with Gasteiger partial charge in [-0.1, -0.05) is 18.2 Å². The van der Waals surface area contributed by atoms with Crippen molar-refractivity contribution in [1.82, 2.24) is 4.98 Å². The van der Waals surface area contributed by atoms with Crippen molar-refractivity contribution in [1.29, 1.82) is 5.26 Å². The van der Waals surface area contributed by atoms with Crippen LogP contribution in [0.4, 0.5) is 18.3 Å². The maximum Gasteiger partial charge on any atom is 0.416 e. The zero-order valence-corrected chi connectivity index (χ0v) is 15.7. The number of benzene rings is 2. The number of nitriles is 1. The van der Waals surface area contributed by atoms with Gasteiger partial charge in [-0.3, -0.25) is 10.1 Å². The van der Waals surface area contributed by atoms with Crippen LogP contribution in [0.25, 0.3) is 0 Å². The maximum absolute atomic E-state index is 12.8. The number of thiazole rings is 1. The Labute approximate surface area is 168 Å². The lowest BCUT2D eigenvalue weighted by molar-refractivity contribution is -0.137. The molecule has 3 rings (SSSR count). The topological polar surface area (TPSA) is 75.0 Å². The van der Waals surface area contributed by atoms with Crippen LogP contribution in [0.5, 0.6) is 5.75 Å². The number of carbonyl (C=O) groups is 1. The summed E-state index contributed by atoms with van der Waals surface area (Å²) in [7, 11) is 0. The number of amides is 1. The van der Waals surface area contributed by atoms with Gasteiger partial charge in [-0.25, -0.2) is 4.98 Å². The highest BCUT2D eigenvalue weighted by Gasteiger charge is 2.30. The predicted octanol–water partition coefficient (Wildman–Crippen LogP) is 4.64. The minimum absolute atomic E-state index is 0.242. The average molecular weight is 417 g/mol. The number of nitrogens with zero attached hydrogens (tertiary/aromatic N) is 2. The van der Waals surface area contributed by atoms with Crippen molar-refractivity contribution < 1.29 is 22.7 Å². The molecule has 0 bridgehead atoms. The second-order valence-corrected chi connectivity index (χ2v) is 7.09. The summed E-state index contributed by atoms with van der Waals surface area (Å²) in [6.45, 7) is -0.242. The van der Waals surface area contributed by atoms with E-state index < -0.39 is 17.6 Å². The van der Waals surface area contributed by atoms with Gasteiger partial charge in [0.2, 0.25) is 0 Å². The van der Waals surface area contributed by atoms with Gasteiger partial charge in [-0.05, 0) is 35.9 Å². The smallest absolute Gasteiger partial charge is 0.416 e. The van der Waals surface area contributed by atoms with Gasteiger partial charge in [0.05, 0.1) is 17.2 Å². The highest BCUT2D eigenvalue weighted by molar-refractivity contribution is 7.15. The highest BCUT2D eigenvalue weighted by Crippen LogP contribution is 2.30. The van der Waals surface area contributed by atoms with Crippen LogP contribution in [0.3, 0.4) is 0 Å². The summed E-state index contributed by atoms with van der Waals surface area (Å²) >= 11 is 1.18. The molecule has 0 unspecified atom stereocenters. The van der Waals surface area contributed by atoms with E-state index in [2.05, 4.69) is 10.3 Å². The van der Waals surface area contributed by atoms with E-state index in [1.54, 1.807) is 30.3 Å². The Balaban J connectivity index is 1.54. The summed E-state index contributed by atoms with van der Waals surface area (Å²) in [6.07, 6.45) is -2.60. The van der Waals surface area contributed by atoms with Gasteiger partial charge in [0, 0.05) is 17.5 Å². The van der Waals surface area contributed by atoms with Gasteiger partial charge < -0.3 is 4.74 Å². The van der Waals surface area contributed by atoms with Gasteiger partial charge in [-0.15, -0.1) is 11.3 Å². The van der Waals surface area contributed by atoms with Gasteiger partial charge in [-0.2, -0.15) is 18.4 Å². The van der Waals surface area contributed by atoms with E-state index in [4.69, 9.17) is 10.00 Å². The Morgan fingerprint density at radius 2 is 1.97 bits per heavy atom. The number of rotatable bonds is 6. The molecule has 9 heteroatoms. The predicted molar refractivity (Wildman–Crippen MR) is 102 cm³/mol. The van der Waals surface area contributed by atoms with E-state index in [0.29, 0.717) is 26.9 Å². The lowest BCUT2D eigenvalue weighted by Gasteiger charge is -2.08. The van der Waals surface area contributed by atoms with Crippen LogP contribution < -0.4 is 10.1 Å². The molecular formula is C20H14F3N3O2S. The minimum Gasteiger partial charge on any atom is -0.484 e. The van der Waals surface area contributed by atoms with Crippen LogP contribution in [0, 0.1) is 11.3 Å². The van der Waals surface area contributed by atoms with Crippen LogP contribution in [0.1, 0.15) is 21.6 Å². The van der Waals surface area contributed by atoms with Gasteiger partial charge in [0.1, 0.15) is 5.75 Å². The molecule has 1 aromatic heterocycles. The largest absolute Gasteiger partial charge is 0.484 e. The van der Waals surface area contributed by atoms with E-state index >= 15 is 0 Å². The third kappa shape index (κ3) is 5.80. The molecule has 0 aliphatic heterocycles. The highest BCUT2D eigenvalue weighted by atomic mass is 32.1. The molecule has 0 aliphatic carbocycles. The van der Waals surface area contributed by atoms with Crippen molar-refractivity contribution >= 4 is 22.4 Å². The molecule has 0 saturated heterocycles. The quantitative estimate of drug-likeness (QED) is 0.634. The van der Waals surface area contributed by atoms with Gasteiger partial charge >= 0.3 is 6.18 Å². The normalized spacial score (nSPS) is 11.0. The molecule has 0 atom stereocenters. The first-order chi connectivity index (χ1) is 13.8. The average Bonchev–Trinajstić information content (AvgIpc) is 3.13. The van der Waals surface area contributed by atoms with E-state index in [-0.39, 0.29) is 13.0 Å². The van der Waals surface area contributed by atoms with Crippen molar-refractivity contribution in [3.8, 4) is 11.8 Å². The maximum atomic E-state index is 12.8. The molecule has 0 aliphatic rings. The second kappa shape index (κ2) is 8.75. The summed E-state index contributed by atoms with van der Waals surface area (Å²) in [5.41, 5.74) is 0.288. The van der Waals surface area contributed by atoms with E-state index in [9.17, 15) is 18.0 Å². The van der Waals surface area contributed by atoms with E-state index in [1.165, 1.54) is 23.6 Å². The van der Waals surface area contributed by atoms with Crippen molar-refractivity contribution in [3.05, 3.63) is 76.3 Å². The molecule has 0 saturated carbocycles. The number of nitrogens with one attached hydrogen (secondary N) is 1. The number of ether oxygens (including phenoxy) is 1. The molecule has 3 aromatic rings. The first kappa shape index (κ1) is 20.4. The minimum atomic E-state index is -4.39. The van der Waals surface area contributed by atoms with Crippen molar-refractivity contribution in [2.75, 3.05) is 11.9 Å². The molecule has 1 N–H and O–H groups in total. The zero-order chi connectivity index (χ0) is 20.9. The first-order valence-electron chi connectivity index (χ1n) is 8.37. The number of aromatic nitrogens is 1. The van der Waals surface area contributed by atoms with Crippen molar-refractivity contribution in [3.63, 3.8) is 0 Å². The Bertz CT molecular complexity index is 1040. The molecule has 1 heterocycles. The summed E-state index contributed by atoms with van der Waals surface area (Å²) in [4.78, 5) is 16.8. The van der Waals surface area contributed by atoms with E-state index in [1.807, 2.05) is 6.07 Å². The monoisotopic (exact) mass is 417 g/mol. The van der Waals surface area contributed by atoms with Gasteiger partial charge in [0.15, 0.2) is 11.7 Å². The summed E-state index contributed by atoms with van der Waals surface area (Å²) in [6, 6.07) is 13.4. The van der Waals surface area contributed by atoms with E-state index in [0.717, 1.165) is 12.1 Å². The molecule has 0 radical (unpaired) electrons. The Hall–Kier alpha value is -3.38. The molecule has 0 fully saturated rings. The lowest BCUT2D eigenvalue weighted by atomic mass is 10.1. The molecule has 1 amide bonds. The summed E-state index contributed by atoms with van der Waals surface area (Å²) in [5.74, 6) is 0.0258. The number of hydrogen-bond donors (Lipinski definition) is 1. The molecule has 148 valence electrons. The summed E-state index contributed by atoms with van der Waals surface area (Å²) < 4.78 is 43.7. The molecule has 29 heavy (non-hydrogen) atoms. The van der Waals surface area contributed by atoms with Crippen molar-refractivity contribution in [2.24, 2.45) is 0 Å². The third-order valence-corrected chi connectivity index (χ3v) is 4.70. The van der Waals surface area contributed by atoms with Crippen LogP contribution in [-0.4, -0.2) is 17.5 Å². The van der Waals surface area contributed by atoms with Crippen LogP contribution in [0.15, 0.2) is 54.7 Å². The number of hydrogen-bond acceptors (Lipinski definition) is 5. The Morgan fingerprint density at radius 3 is 2.66 bits per heavy atom. The van der Waals surface area contributed by atoms with Crippen molar-refractivity contribution in [2.45, 2.75) is 12.6 Å². The SMILES string of the molecule is N#Cc1ccc(OCC(=O)Nc2ncc(Cc3cccc(C(F)(F)F)c3)s2)cc1. The molecular weight excluding hydrogens is 403 g/mol. The number of anilines is 1. The first-order valence-corrected chi connectivity index (χ1v) is 9.19. The Kier molecular flexibility index (Phi) is 6.14. The Morgan fingerprint density at radius 1 is 1.21 bits per heavy atom.